The number of amides is 1. The lowest BCUT2D eigenvalue weighted by molar-refractivity contribution is -0.162. The average molecular weight is 351 g/mol. The van der Waals surface area contributed by atoms with Crippen molar-refractivity contribution in [2.24, 2.45) is 5.92 Å². The Kier molecular flexibility index (Phi) is 4.94. The highest BCUT2D eigenvalue weighted by molar-refractivity contribution is 5.81. The second-order valence-electron chi connectivity index (χ2n) is 6.72. The third kappa shape index (κ3) is 3.61. The molecule has 25 heavy (non-hydrogen) atoms. The molecular formula is C18H22FNO5. The molecule has 3 rings (SSSR count). The van der Waals surface area contributed by atoms with Crippen LogP contribution in [-0.4, -0.2) is 53.8 Å². The predicted octanol–water partition coefficient (Wildman–Crippen LogP) is 2.00. The van der Waals surface area contributed by atoms with Gasteiger partial charge in [-0.2, -0.15) is 0 Å². The lowest BCUT2D eigenvalue weighted by atomic mass is 9.90. The Morgan fingerprint density at radius 2 is 2.08 bits per heavy atom. The zero-order chi connectivity index (χ0) is 18.0. The van der Waals surface area contributed by atoms with E-state index in [9.17, 15) is 19.1 Å². The number of hydrogen-bond donors (Lipinski definition) is 1. The van der Waals surface area contributed by atoms with Gasteiger partial charge in [-0.15, -0.1) is 0 Å². The number of carbonyl (C=O) groups is 2. The van der Waals surface area contributed by atoms with Crippen molar-refractivity contribution in [3.05, 3.63) is 29.6 Å². The Bertz CT molecular complexity index is 663. The summed E-state index contributed by atoms with van der Waals surface area (Å²) in [5, 5.41) is 9.68. The van der Waals surface area contributed by atoms with E-state index in [1.165, 1.54) is 12.1 Å². The molecule has 2 heterocycles. The third-order valence-corrected chi connectivity index (χ3v) is 4.94. The van der Waals surface area contributed by atoms with E-state index in [1.54, 1.807) is 17.9 Å². The summed E-state index contributed by atoms with van der Waals surface area (Å²) in [6, 6.07) is 4.35. The normalized spacial score (nSPS) is 22.6. The molecule has 0 bridgehead atoms. The standard InChI is InChI=1S/C18H22FNO5/c1-12-2-3-14(19)15(10-12)25-18(17(22)23)5-7-20(8-6-18)16(21)13-4-9-24-11-13/h2-3,10,13H,4-9,11H2,1H3,(H,22,23). The number of nitrogens with zero attached hydrogens (tertiary/aromatic N) is 1. The van der Waals surface area contributed by atoms with E-state index in [0.717, 1.165) is 5.56 Å². The fraction of sp³-hybridized carbons (Fsp3) is 0.556. The van der Waals surface area contributed by atoms with E-state index in [0.29, 0.717) is 19.6 Å². The zero-order valence-electron chi connectivity index (χ0n) is 14.2. The lowest BCUT2D eigenvalue weighted by Gasteiger charge is -2.39. The summed E-state index contributed by atoms with van der Waals surface area (Å²) in [6.45, 7) is 3.33. The van der Waals surface area contributed by atoms with E-state index < -0.39 is 17.4 Å². The van der Waals surface area contributed by atoms with Gasteiger partial charge in [-0.3, -0.25) is 4.79 Å². The van der Waals surface area contributed by atoms with Crippen molar-refractivity contribution in [3.63, 3.8) is 0 Å². The summed E-state index contributed by atoms with van der Waals surface area (Å²) in [7, 11) is 0. The van der Waals surface area contributed by atoms with Crippen LogP contribution in [0.3, 0.4) is 0 Å². The maximum absolute atomic E-state index is 14.0. The quantitative estimate of drug-likeness (QED) is 0.898. The van der Waals surface area contributed by atoms with Gasteiger partial charge in [0.05, 0.1) is 12.5 Å². The monoisotopic (exact) mass is 351 g/mol. The summed E-state index contributed by atoms with van der Waals surface area (Å²) >= 11 is 0. The summed E-state index contributed by atoms with van der Waals surface area (Å²) < 4.78 is 24.8. The number of aryl methyl sites for hydroxylation is 1. The molecule has 1 N–H and O–H groups in total. The topological polar surface area (TPSA) is 76.1 Å². The molecule has 1 unspecified atom stereocenters. The Balaban J connectivity index is 1.71. The third-order valence-electron chi connectivity index (χ3n) is 4.94. The molecule has 7 heteroatoms. The Hall–Kier alpha value is -2.15. The van der Waals surface area contributed by atoms with Gasteiger partial charge < -0.3 is 19.5 Å². The summed E-state index contributed by atoms with van der Waals surface area (Å²) in [5.41, 5.74) is -0.733. The van der Waals surface area contributed by atoms with Gasteiger partial charge in [-0.25, -0.2) is 9.18 Å². The number of carboxylic acid groups (broad SMARTS) is 1. The highest BCUT2D eigenvalue weighted by Crippen LogP contribution is 2.32. The number of piperidine rings is 1. The van der Waals surface area contributed by atoms with Crippen LogP contribution in [0.4, 0.5) is 4.39 Å². The molecule has 0 aromatic heterocycles. The minimum Gasteiger partial charge on any atom is -0.478 e. The van der Waals surface area contributed by atoms with E-state index in [4.69, 9.17) is 9.47 Å². The van der Waals surface area contributed by atoms with Crippen LogP contribution < -0.4 is 4.74 Å². The Labute approximate surface area is 145 Å². The summed E-state index contributed by atoms with van der Waals surface area (Å²) in [4.78, 5) is 25.9. The number of carbonyl (C=O) groups excluding carboxylic acids is 1. The maximum atomic E-state index is 14.0. The average Bonchev–Trinajstić information content (AvgIpc) is 3.12. The van der Waals surface area contributed by atoms with Crippen LogP contribution in [0.5, 0.6) is 5.75 Å². The zero-order valence-corrected chi connectivity index (χ0v) is 14.2. The van der Waals surface area contributed by atoms with Gasteiger partial charge in [0.2, 0.25) is 11.5 Å². The van der Waals surface area contributed by atoms with Crippen LogP contribution in [-0.2, 0) is 14.3 Å². The smallest absolute Gasteiger partial charge is 0.348 e. The van der Waals surface area contributed by atoms with Gasteiger partial charge in [0.25, 0.3) is 0 Å². The van der Waals surface area contributed by atoms with E-state index in [1.807, 2.05) is 0 Å². The molecule has 1 atom stereocenters. The molecule has 0 aliphatic carbocycles. The summed E-state index contributed by atoms with van der Waals surface area (Å²) in [6.07, 6.45) is 0.939. The molecule has 2 fully saturated rings. The highest BCUT2D eigenvalue weighted by atomic mass is 19.1. The van der Waals surface area contributed by atoms with Crippen molar-refractivity contribution < 1.29 is 28.6 Å². The van der Waals surface area contributed by atoms with Gasteiger partial charge >= 0.3 is 5.97 Å². The molecular weight excluding hydrogens is 329 g/mol. The lowest BCUT2D eigenvalue weighted by Crippen LogP contribution is -2.55. The van der Waals surface area contributed by atoms with Crippen molar-refractivity contribution in [1.82, 2.24) is 4.90 Å². The fourth-order valence-electron chi connectivity index (χ4n) is 3.33. The summed E-state index contributed by atoms with van der Waals surface area (Å²) in [5.74, 6) is -1.94. The van der Waals surface area contributed by atoms with Gasteiger partial charge in [-0.1, -0.05) is 6.07 Å². The predicted molar refractivity (Wildman–Crippen MR) is 86.9 cm³/mol. The molecule has 6 nitrogen and oxygen atoms in total. The molecule has 2 aliphatic heterocycles. The van der Waals surface area contributed by atoms with Crippen LogP contribution in [0.2, 0.25) is 0 Å². The van der Waals surface area contributed by atoms with Crippen molar-refractivity contribution in [2.75, 3.05) is 26.3 Å². The van der Waals surface area contributed by atoms with Gasteiger partial charge in [0, 0.05) is 32.5 Å². The number of aliphatic carboxylic acids is 1. The van der Waals surface area contributed by atoms with Gasteiger partial charge in [-0.05, 0) is 31.0 Å². The largest absolute Gasteiger partial charge is 0.478 e. The molecule has 136 valence electrons. The molecule has 2 saturated heterocycles. The Morgan fingerprint density at radius 3 is 2.68 bits per heavy atom. The molecule has 1 aromatic carbocycles. The number of carboxylic acids is 1. The van der Waals surface area contributed by atoms with Crippen molar-refractivity contribution in [2.45, 2.75) is 31.8 Å². The number of hydrogen-bond acceptors (Lipinski definition) is 4. The number of rotatable bonds is 4. The SMILES string of the molecule is Cc1ccc(F)c(OC2(C(=O)O)CCN(C(=O)C3CCOC3)CC2)c1. The number of likely N-dealkylation sites (tertiary alicyclic amines) is 1. The fourth-order valence-corrected chi connectivity index (χ4v) is 3.33. The van der Waals surface area contributed by atoms with Crippen molar-refractivity contribution >= 4 is 11.9 Å². The van der Waals surface area contributed by atoms with Crippen LogP contribution in [0.25, 0.3) is 0 Å². The molecule has 1 amide bonds. The minimum absolute atomic E-state index is 0.00164. The first kappa shape index (κ1) is 17.7. The van der Waals surface area contributed by atoms with E-state index in [-0.39, 0.29) is 43.5 Å². The molecule has 0 radical (unpaired) electrons. The number of benzene rings is 1. The van der Waals surface area contributed by atoms with E-state index >= 15 is 0 Å². The van der Waals surface area contributed by atoms with Gasteiger partial charge in [0.1, 0.15) is 0 Å². The number of halogens is 1. The molecule has 2 aliphatic rings. The first-order valence-electron chi connectivity index (χ1n) is 8.46. The first-order valence-corrected chi connectivity index (χ1v) is 8.46. The van der Waals surface area contributed by atoms with Crippen molar-refractivity contribution in [1.29, 1.82) is 0 Å². The second kappa shape index (κ2) is 7.00. The van der Waals surface area contributed by atoms with Crippen LogP contribution in [0, 0.1) is 18.7 Å². The molecule has 1 aromatic rings. The van der Waals surface area contributed by atoms with Crippen LogP contribution in [0.15, 0.2) is 18.2 Å². The molecule has 0 spiro atoms. The minimum atomic E-state index is -1.52. The second-order valence-corrected chi connectivity index (χ2v) is 6.72. The molecule has 0 saturated carbocycles. The highest BCUT2D eigenvalue weighted by Gasteiger charge is 2.46. The first-order chi connectivity index (χ1) is 11.9. The van der Waals surface area contributed by atoms with Crippen LogP contribution >= 0.6 is 0 Å². The number of ether oxygens (including phenoxy) is 2. The van der Waals surface area contributed by atoms with Crippen molar-refractivity contribution in [3.8, 4) is 5.75 Å². The Morgan fingerprint density at radius 1 is 1.36 bits per heavy atom. The van der Waals surface area contributed by atoms with Gasteiger partial charge in [0.15, 0.2) is 11.6 Å². The van der Waals surface area contributed by atoms with Crippen LogP contribution in [0.1, 0.15) is 24.8 Å². The maximum Gasteiger partial charge on any atom is 0.348 e. The van der Waals surface area contributed by atoms with E-state index in [2.05, 4.69) is 0 Å².